The summed E-state index contributed by atoms with van der Waals surface area (Å²) in [5, 5.41) is 11.9. The van der Waals surface area contributed by atoms with E-state index >= 15 is 0 Å². The molecule has 36 heavy (non-hydrogen) atoms. The van der Waals surface area contributed by atoms with E-state index in [4.69, 9.17) is 9.47 Å². The second kappa shape index (κ2) is 9.53. The highest BCUT2D eigenvalue weighted by molar-refractivity contribution is 5.99. The molecule has 0 aliphatic carbocycles. The van der Waals surface area contributed by atoms with Gasteiger partial charge in [0.25, 0.3) is 5.91 Å². The number of hydrogen-bond donors (Lipinski definition) is 4. The minimum absolute atomic E-state index is 0.0834. The number of rotatable bonds is 7. The van der Waals surface area contributed by atoms with Crippen molar-refractivity contribution in [3.05, 3.63) is 42.5 Å². The minimum Gasteiger partial charge on any atom is -0.474 e. The Kier molecular flexibility index (Phi) is 6.27. The van der Waals surface area contributed by atoms with Gasteiger partial charge in [-0.15, -0.1) is 0 Å². The summed E-state index contributed by atoms with van der Waals surface area (Å²) >= 11 is 0. The number of carbonyl (C=O) groups excluding carboxylic acids is 1. The Morgan fingerprint density at radius 1 is 1.11 bits per heavy atom. The summed E-state index contributed by atoms with van der Waals surface area (Å²) in [7, 11) is 0. The lowest BCUT2D eigenvalue weighted by Gasteiger charge is -2.30. The van der Waals surface area contributed by atoms with Crippen molar-refractivity contribution in [1.82, 2.24) is 19.9 Å². The highest BCUT2D eigenvalue weighted by Crippen LogP contribution is 2.33. The van der Waals surface area contributed by atoms with E-state index in [0.29, 0.717) is 11.4 Å². The van der Waals surface area contributed by atoms with Crippen LogP contribution in [0.3, 0.4) is 0 Å². The van der Waals surface area contributed by atoms with Crippen LogP contribution in [0.1, 0.15) is 33.6 Å². The molecule has 5 heterocycles. The van der Waals surface area contributed by atoms with Crippen molar-refractivity contribution >= 4 is 40.8 Å². The molecule has 0 saturated carbocycles. The Hall–Kier alpha value is -4.06. The number of amides is 1. The quantitative estimate of drug-likeness (QED) is 0.382. The summed E-state index contributed by atoms with van der Waals surface area (Å²) in [6.45, 7) is 6.19. The number of fused-ring (bicyclic) bond motifs is 1. The van der Waals surface area contributed by atoms with Crippen molar-refractivity contribution in [2.24, 2.45) is 0 Å². The first-order valence-electron chi connectivity index (χ1n) is 11.7. The van der Waals surface area contributed by atoms with Gasteiger partial charge in [-0.3, -0.25) is 4.79 Å². The van der Waals surface area contributed by atoms with E-state index in [1.165, 1.54) is 0 Å². The molecule has 1 saturated heterocycles. The highest BCUT2D eigenvalue weighted by atomic mass is 19.1. The molecule has 1 amide bonds. The largest absolute Gasteiger partial charge is 0.474 e. The van der Waals surface area contributed by atoms with Crippen molar-refractivity contribution in [2.75, 3.05) is 27.9 Å². The zero-order valence-electron chi connectivity index (χ0n) is 20.1. The van der Waals surface area contributed by atoms with Gasteiger partial charge in [-0.25, -0.2) is 19.3 Å². The molecule has 0 spiro atoms. The number of ether oxygens (including phenoxy) is 2. The van der Waals surface area contributed by atoms with Crippen LogP contribution in [0.15, 0.2) is 36.7 Å². The lowest BCUT2D eigenvalue weighted by atomic mass is 10.1. The Labute approximate surface area is 207 Å². The van der Waals surface area contributed by atoms with E-state index in [9.17, 15) is 9.18 Å². The molecule has 0 bridgehead atoms. The number of nitrogens with one attached hydrogen (secondary N) is 4. The third kappa shape index (κ3) is 5.13. The van der Waals surface area contributed by atoms with Gasteiger partial charge >= 0.3 is 0 Å². The van der Waals surface area contributed by atoms with E-state index in [1.807, 2.05) is 12.1 Å². The van der Waals surface area contributed by atoms with Crippen molar-refractivity contribution in [2.45, 2.75) is 51.4 Å². The summed E-state index contributed by atoms with van der Waals surface area (Å²) in [4.78, 5) is 29.1. The van der Waals surface area contributed by atoms with Gasteiger partial charge in [-0.2, -0.15) is 4.98 Å². The van der Waals surface area contributed by atoms with Gasteiger partial charge in [-0.1, -0.05) is 0 Å². The predicted octanol–water partition coefficient (Wildman–Crippen LogP) is 3.98. The topological polar surface area (TPSA) is 135 Å². The van der Waals surface area contributed by atoms with Crippen LogP contribution < -0.4 is 26.0 Å². The molecule has 11 nitrogen and oxygen atoms in total. The Morgan fingerprint density at radius 2 is 1.94 bits per heavy atom. The van der Waals surface area contributed by atoms with Crippen LogP contribution in [0.4, 0.5) is 39.3 Å². The summed E-state index contributed by atoms with van der Waals surface area (Å²) in [6.07, 6.45) is 4.99. The van der Waals surface area contributed by atoms with E-state index in [1.54, 1.807) is 32.2 Å². The van der Waals surface area contributed by atoms with E-state index < -0.39 is 11.4 Å². The number of halogens is 1. The summed E-state index contributed by atoms with van der Waals surface area (Å²) < 4.78 is 25.8. The third-order valence-corrected chi connectivity index (χ3v) is 5.91. The summed E-state index contributed by atoms with van der Waals surface area (Å²) in [5.41, 5.74) is -0.369. The van der Waals surface area contributed by atoms with Crippen molar-refractivity contribution in [3.63, 3.8) is 0 Å². The summed E-state index contributed by atoms with van der Waals surface area (Å²) in [6, 6.07) is 7.06. The van der Waals surface area contributed by atoms with Gasteiger partial charge in [0.1, 0.15) is 11.6 Å². The smallest absolute Gasteiger partial charge is 0.269 e. The van der Waals surface area contributed by atoms with Gasteiger partial charge in [0.15, 0.2) is 28.8 Å². The average molecular weight is 495 g/mol. The Morgan fingerprint density at radius 3 is 2.69 bits per heavy atom. The number of nitrogens with zero attached hydrogens (tertiary/aromatic N) is 4. The minimum atomic E-state index is -1.01. The van der Waals surface area contributed by atoms with Gasteiger partial charge in [0.05, 0.1) is 30.2 Å². The number of aromatic nitrogens is 4. The zero-order chi connectivity index (χ0) is 25.3. The van der Waals surface area contributed by atoms with Crippen LogP contribution in [0.25, 0.3) is 0 Å². The molecule has 4 N–H and O–H groups in total. The van der Waals surface area contributed by atoms with Crippen LogP contribution in [0.5, 0.6) is 5.75 Å². The van der Waals surface area contributed by atoms with Gasteiger partial charge in [-0.05, 0) is 57.9 Å². The first kappa shape index (κ1) is 23.7. The monoisotopic (exact) mass is 494 g/mol. The van der Waals surface area contributed by atoms with Gasteiger partial charge < -0.3 is 30.7 Å². The Bertz CT molecular complexity index is 1260. The molecule has 1 fully saturated rings. The maximum absolute atomic E-state index is 14.4. The standard InChI is InChI=1S/C24H27FN8O3/c1-13(16-5-4-10-35-16)28-18-8-6-14(11-26-18)29-23-27-12-15(25)20(33-23)30-19-9-7-17-21(31-19)32-22(34)24(2,3)36-17/h6-9,11-13,16H,4-5,10H2,1-3H3,(H,26,28)(H3,27,29,30,31,32,33,34). The molecular formula is C24H27FN8O3. The highest BCUT2D eigenvalue weighted by Gasteiger charge is 2.36. The molecule has 12 heteroatoms. The number of anilines is 6. The van der Waals surface area contributed by atoms with E-state index in [0.717, 1.165) is 31.5 Å². The predicted molar refractivity (Wildman–Crippen MR) is 132 cm³/mol. The van der Waals surface area contributed by atoms with E-state index in [-0.39, 0.29) is 41.5 Å². The molecule has 3 aromatic rings. The molecule has 2 unspecified atom stereocenters. The molecule has 2 aliphatic heterocycles. The third-order valence-electron chi connectivity index (χ3n) is 5.91. The van der Waals surface area contributed by atoms with Crippen LogP contribution in [-0.2, 0) is 9.53 Å². The number of hydrogen-bond acceptors (Lipinski definition) is 10. The maximum atomic E-state index is 14.4. The van der Waals surface area contributed by atoms with Gasteiger partial charge in [0, 0.05) is 6.61 Å². The van der Waals surface area contributed by atoms with Crippen molar-refractivity contribution in [3.8, 4) is 5.75 Å². The lowest BCUT2D eigenvalue weighted by Crippen LogP contribution is -2.46. The SMILES string of the molecule is CC(Nc1ccc(Nc2ncc(F)c(Nc3ccc4c(n3)NC(=O)C(C)(C)O4)n2)cn1)C1CCCO1. The van der Waals surface area contributed by atoms with Gasteiger partial charge in [0.2, 0.25) is 5.95 Å². The maximum Gasteiger partial charge on any atom is 0.269 e. The average Bonchev–Trinajstić information content (AvgIpc) is 3.39. The second-order valence-electron chi connectivity index (χ2n) is 9.17. The first-order chi connectivity index (χ1) is 17.3. The fourth-order valence-electron chi connectivity index (χ4n) is 3.91. The molecule has 0 aromatic carbocycles. The molecule has 2 atom stereocenters. The lowest BCUT2D eigenvalue weighted by molar-refractivity contribution is -0.129. The van der Waals surface area contributed by atoms with Crippen LogP contribution >= 0.6 is 0 Å². The van der Waals surface area contributed by atoms with Crippen LogP contribution in [-0.4, -0.2) is 50.2 Å². The number of pyridine rings is 2. The fourth-order valence-corrected chi connectivity index (χ4v) is 3.91. The molecule has 188 valence electrons. The summed E-state index contributed by atoms with van der Waals surface area (Å²) in [5.74, 6) is 0.766. The van der Waals surface area contributed by atoms with E-state index in [2.05, 4.69) is 48.1 Å². The number of carbonyl (C=O) groups is 1. The molecule has 3 aromatic heterocycles. The normalized spacial score (nSPS) is 19.0. The Balaban J connectivity index is 1.25. The zero-order valence-corrected chi connectivity index (χ0v) is 20.1. The first-order valence-corrected chi connectivity index (χ1v) is 11.7. The fraction of sp³-hybridized carbons (Fsp3) is 0.375. The second-order valence-corrected chi connectivity index (χ2v) is 9.17. The molecule has 0 radical (unpaired) electrons. The van der Waals surface area contributed by atoms with Crippen molar-refractivity contribution < 1.29 is 18.7 Å². The molecule has 5 rings (SSSR count). The van der Waals surface area contributed by atoms with Crippen LogP contribution in [0.2, 0.25) is 0 Å². The van der Waals surface area contributed by atoms with Crippen molar-refractivity contribution in [1.29, 1.82) is 0 Å². The molecule has 2 aliphatic rings. The van der Waals surface area contributed by atoms with Crippen LogP contribution in [0, 0.1) is 5.82 Å². The molecular weight excluding hydrogens is 467 g/mol.